The molecule has 17 heavy (non-hydrogen) atoms. The van der Waals surface area contributed by atoms with E-state index in [4.69, 9.17) is 9.15 Å². The van der Waals surface area contributed by atoms with E-state index in [1.807, 2.05) is 6.20 Å². The summed E-state index contributed by atoms with van der Waals surface area (Å²) in [5.41, 5.74) is 0. The van der Waals surface area contributed by atoms with E-state index in [0.717, 1.165) is 43.7 Å². The Morgan fingerprint density at radius 2 is 2.24 bits per heavy atom. The molecular weight excluding hydrogens is 216 g/mol. The highest BCUT2D eigenvalue weighted by Crippen LogP contribution is 2.28. The first kappa shape index (κ1) is 11.2. The molecule has 4 nitrogen and oxygen atoms in total. The van der Waals surface area contributed by atoms with Crippen LogP contribution >= 0.6 is 0 Å². The van der Waals surface area contributed by atoms with Crippen molar-refractivity contribution in [2.24, 2.45) is 0 Å². The number of hydrogen-bond acceptors (Lipinski definition) is 4. The van der Waals surface area contributed by atoms with Gasteiger partial charge in [0.2, 0.25) is 0 Å². The minimum atomic E-state index is 0.140. The van der Waals surface area contributed by atoms with Crippen molar-refractivity contribution < 1.29 is 9.15 Å². The first-order chi connectivity index (χ1) is 8.42. The van der Waals surface area contributed by atoms with Gasteiger partial charge in [-0.05, 0) is 32.1 Å². The van der Waals surface area contributed by atoms with Crippen LogP contribution in [0, 0.1) is 0 Å². The quantitative estimate of drug-likeness (QED) is 0.851. The van der Waals surface area contributed by atoms with Gasteiger partial charge in [0.1, 0.15) is 6.10 Å². The molecule has 0 aromatic carbocycles. The van der Waals surface area contributed by atoms with Crippen molar-refractivity contribution in [3.05, 3.63) is 17.8 Å². The average molecular weight is 236 g/mol. The Labute approximate surface area is 102 Å². The Morgan fingerprint density at radius 3 is 3.00 bits per heavy atom. The topological polar surface area (TPSA) is 47.3 Å². The van der Waals surface area contributed by atoms with Gasteiger partial charge in [0.15, 0.2) is 11.7 Å². The molecule has 1 aliphatic carbocycles. The van der Waals surface area contributed by atoms with Crippen LogP contribution < -0.4 is 5.32 Å². The lowest BCUT2D eigenvalue weighted by atomic mass is 10.1. The number of rotatable bonds is 5. The SMILES string of the molecule is c1nc(CCNC2CC2)oc1C1CCCCO1. The summed E-state index contributed by atoms with van der Waals surface area (Å²) in [7, 11) is 0. The molecule has 2 heterocycles. The van der Waals surface area contributed by atoms with Crippen molar-refractivity contribution in [1.29, 1.82) is 0 Å². The van der Waals surface area contributed by atoms with Gasteiger partial charge in [-0.2, -0.15) is 0 Å². The highest BCUT2D eigenvalue weighted by atomic mass is 16.5. The van der Waals surface area contributed by atoms with Gasteiger partial charge < -0.3 is 14.5 Å². The Bertz CT molecular complexity index is 354. The standard InChI is InChI=1S/C13H20N2O2/c1-2-8-16-11(3-1)12-9-15-13(17-12)6-7-14-10-4-5-10/h9-11,14H,1-8H2. The van der Waals surface area contributed by atoms with E-state index in [1.54, 1.807) is 0 Å². The zero-order chi connectivity index (χ0) is 11.5. The molecule has 0 spiro atoms. The zero-order valence-electron chi connectivity index (χ0n) is 10.2. The van der Waals surface area contributed by atoms with Crippen molar-refractivity contribution in [2.75, 3.05) is 13.2 Å². The maximum atomic E-state index is 5.75. The van der Waals surface area contributed by atoms with Gasteiger partial charge in [-0.3, -0.25) is 0 Å². The van der Waals surface area contributed by atoms with Gasteiger partial charge in [0.25, 0.3) is 0 Å². The summed E-state index contributed by atoms with van der Waals surface area (Å²) in [6, 6.07) is 0.756. The van der Waals surface area contributed by atoms with Gasteiger partial charge >= 0.3 is 0 Å². The number of nitrogens with zero attached hydrogens (tertiary/aromatic N) is 1. The smallest absolute Gasteiger partial charge is 0.195 e. The fourth-order valence-corrected chi connectivity index (χ4v) is 2.22. The third kappa shape index (κ3) is 3.07. The molecule has 1 saturated heterocycles. The van der Waals surface area contributed by atoms with Gasteiger partial charge in [0.05, 0.1) is 6.20 Å². The van der Waals surface area contributed by atoms with E-state index >= 15 is 0 Å². The van der Waals surface area contributed by atoms with Crippen molar-refractivity contribution in [1.82, 2.24) is 10.3 Å². The molecule has 1 unspecified atom stereocenters. The molecule has 0 radical (unpaired) electrons. The summed E-state index contributed by atoms with van der Waals surface area (Å²) < 4.78 is 11.4. The van der Waals surface area contributed by atoms with E-state index < -0.39 is 0 Å². The van der Waals surface area contributed by atoms with Crippen LogP contribution in [0.4, 0.5) is 0 Å². The van der Waals surface area contributed by atoms with Crippen molar-refractivity contribution >= 4 is 0 Å². The Hall–Kier alpha value is -0.870. The summed E-state index contributed by atoms with van der Waals surface area (Å²) in [4.78, 5) is 4.32. The molecule has 2 aliphatic rings. The second-order valence-electron chi connectivity index (χ2n) is 4.99. The highest BCUT2D eigenvalue weighted by molar-refractivity contribution is 5.00. The summed E-state index contributed by atoms with van der Waals surface area (Å²) in [6.07, 6.45) is 8.97. The zero-order valence-corrected chi connectivity index (χ0v) is 10.2. The maximum Gasteiger partial charge on any atom is 0.195 e. The van der Waals surface area contributed by atoms with Crippen LogP contribution in [0.1, 0.15) is 49.9 Å². The molecular formula is C13H20N2O2. The molecule has 1 saturated carbocycles. The van der Waals surface area contributed by atoms with Gasteiger partial charge in [-0.15, -0.1) is 0 Å². The second-order valence-corrected chi connectivity index (χ2v) is 4.99. The first-order valence-electron chi connectivity index (χ1n) is 6.71. The van der Waals surface area contributed by atoms with Crippen LogP contribution in [0.25, 0.3) is 0 Å². The Balaban J connectivity index is 1.49. The lowest BCUT2D eigenvalue weighted by Crippen LogP contribution is -2.19. The maximum absolute atomic E-state index is 5.75. The minimum absolute atomic E-state index is 0.140. The fraction of sp³-hybridized carbons (Fsp3) is 0.769. The molecule has 1 aliphatic heterocycles. The van der Waals surface area contributed by atoms with E-state index in [-0.39, 0.29) is 6.10 Å². The summed E-state index contributed by atoms with van der Waals surface area (Å²) in [6.45, 7) is 1.82. The van der Waals surface area contributed by atoms with Gasteiger partial charge in [-0.1, -0.05) is 0 Å². The third-order valence-electron chi connectivity index (χ3n) is 3.42. The molecule has 94 valence electrons. The van der Waals surface area contributed by atoms with Crippen molar-refractivity contribution in [2.45, 2.75) is 50.7 Å². The fourth-order valence-electron chi connectivity index (χ4n) is 2.22. The highest BCUT2D eigenvalue weighted by Gasteiger charge is 2.21. The average Bonchev–Trinajstić information content (AvgIpc) is 3.07. The molecule has 4 heteroatoms. The molecule has 0 bridgehead atoms. The first-order valence-corrected chi connectivity index (χ1v) is 6.71. The van der Waals surface area contributed by atoms with Crippen LogP contribution in [0.15, 0.2) is 10.6 Å². The molecule has 3 rings (SSSR count). The van der Waals surface area contributed by atoms with Crippen LogP contribution in [-0.2, 0) is 11.2 Å². The lowest BCUT2D eigenvalue weighted by molar-refractivity contribution is 0.00128. The Morgan fingerprint density at radius 1 is 1.29 bits per heavy atom. The normalized spacial score (nSPS) is 25.1. The largest absolute Gasteiger partial charge is 0.443 e. The number of aromatic nitrogens is 1. The van der Waals surface area contributed by atoms with Gasteiger partial charge in [0, 0.05) is 25.6 Å². The number of nitrogens with one attached hydrogen (secondary N) is 1. The summed E-state index contributed by atoms with van der Waals surface area (Å²) >= 11 is 0. The van der Waals surface area contributed by atoms with Crippen LogP contribution in [0.3, 0.4) is 0 Å². The number of oxazole rings is 1. The molecule has 1 aromatic rings. The van der Waals surface area contributed by atoms with Crippen molar-refractivity contribution in [3.8, 4) is 0 Å². The van der Waals surface area contributed by atoms with Gasteiger partial charge in [-0.25, -0.2) is 4.98 Å². The number of ether oxygens (including phenoxy) is 1. The number of hydrogen-bond donors (Lipinski definition) is 1. The second kappa shape index (κ2) is 5.19. The van der Waals surface area contributed by atoms with E-state index in [0.29, 0.717) is 0 Å². The Kier molecular flexibility index (Phi) is 3.43. The molecule has 0 amide bonds. The predicted octanol–water partition coefficient (Wildman–Crippen LogP) is 2.21. The minimum Gasteiger partial charge on any atom is -0.443 e. The molecule has 1 atom stereocenters. The van der Waals surface area contributed by atoms with Crippen LogP contribution in [0.2, 0.25) is 0 Å². The summed E-state index contributed by atoms with van der Waals surface area (Å²) in [5.74, 6) is 1.74. The third-order valence-corrected chi connectivity index (χ3v) is 3.42. The van der Waals surface area contributed by atoms with Crippen LogP contribution in [0.5, 0.6) is 0 Å². The van der Waals surface area contributed by atoms with E-state index in [2.05, 4.69) is 10.3 Å². The van der Waals surface area contributed by atoms with E-state index in [9.17, 15) is 0 Å². The van der Waals surface area contributed by atoms with Crippen molar-refractivity contribution in [3.63, 3.8) is 0 Å². The molecule has 1 aromatic heterocycles. The lowest BCUT2D eigenvalue weighted by Gasteiger charge is -2.19. The predicted molar refractivity (Wildman–Crippen MR) is 63.8 cm³/mol. The monoisotopic (exact) mass is 236 g/mol. The molecule has 2 fully saturated rings. The summed E-state index contributed by atoms with van der Waals surface area (Å²) in [5, 5.41) is 3.46. The molecule has 1 N–H and O–H groups in total. The van der Waals surface area contributed by atoms with Crippen LogP contribution in [-0.4, -0.2) is 24.2 Å². The van der Waals surface area contributed by atoms with E-state index in [1.165, 1.54) is 25.7 Å².